The molecule has 0 saturated carbocycles. The Balaban J connectivity index is 0.973. The fraction of sp³-hybridized carbons (Fsp3) is 0. The highest BCUT2D eigenvalue weighted by molar-refractivity contribution is 6.14. The van der Waals surface area contributed by atoms with Crippen molar-refractivity contribution >= 4 is 65.6 Å². The monoisotopic (exact) mass is 805 g/mol. The van der Waals surface area contributed by atoms with E-state index in [-0.39, 0.29) is 0 Å². The van der Waals surface area contributed by atoms with Crippen LogP contribution in [0.2, 0.25) is 0 Å². The number of para-hydroxylation sites is 4. The van der Waals surface area contributed by atoms with Crippen molar-refractivity contribution in [3.8, 4) is 56.7 Å². The Hall–Kier alpha value is -8.61. The van der Waals surface area contributed by atoms with E-state index in [2.05, 4.69) is 149 Å². The maximum atomic E-state index is 6.85. The average Bonchev–Trinajstić information content (AvgIpc) is 4.02. The first kappa shape index (κ1) is 35.2. The molecule has 13 rings (SSSR count). The summed E-state index contributed by atoms with van der Waals surface area (Å²) < 4.78 is 11.6. The number of fused-ring (bicyclic) bond motifs is 9. The van der Waals surface area contributed by atoms with Gasteiger partial charge >= 0.3 is 0 Å². The molecule has 0 N–H and O–H groups in total. The zero-order valence-electron chi connectivity index (χ0n) is 33.9. The number of aromatic nitrogens is 5. The first-order valence-corrected chi connectivity index (χ1v) is 21.2. The van der Waals surface area contributed by atoms with E-state index >= 15 is 0 Å². The van der Waals surface area contributed by atoms with E-state index in [1.54, 1.807) is 0 Å². The third-order valence-corrected chi connectivity index (χ3v) is 12.4. The van der Waals surface area contributed by atoms with Crippen molar-refractivity contribution in [3.63, 3.8) is 0 Å². The van der Waals surface area contributed by atoms with Gasteiger partial charge in [-0.2, -0.15) is 0 Å². The van der Waals surface area contributed by atoms with E-state index < -0.39 is 0 Å². The number of rotatable bonds is 6. The maximum Gasteiger partial charge on any atom is 0.164 e. The van der Waals surface area contributed by atoms with Gasteiger partial charge in [0.1, 0.15) is 5.58 Å². The number of benzene rings is 9. The van der Waals surface area contributed by atoms with Crippen molar-refractivity contribution in [2.24, 2.45) is 0 Å². The minimum absolute atomic E-state index is 0.604. The Morgan fingerprint density at radius 1 is 0.302 bits per heavy atom. The summed E-state index contributed by atoms with van der Waals surface area (Å²) in [6.45, 7) is 0. The first-order chi connectivity index (χ1) is 31.2. The Morgan fingerprint density at radius 3 is 1.52 bits per heavy atom. The van der Waals surface area contributed by atoms with Crippen LogP contribution >= 0.6 is 0 Å². The molecule has 294 valence electrons. The van der Waals surface area contributed by atoms with Gasteiger partial charge in [0.25, 0.3) is 0 Å². The third kappa shape index (κ3) is 5.62. The van der Waals surface area contributed by atoms with Gasteiger partial charge in [-0.3, -0.25) is 0 Å². The second-order valence-corrected chi connectivity index (χ2v) is 16.0. The van der Waals surface area contributed by atoms with Gasteiger partial charge in [-0.15, -0.1) is 0 Å². The van der Waals surface area contributed by atoms with Gasteiger partial charge in [0.15, 0.2) is 23.1 Å². The van der Waals surface area contributed by atoms with E-state index in [4.69, 9.17) is 19.4 Å². The standard InChI is InChI=1S/C57H35N5O/c1-4-15-36(16-5-1)55-58-56(37-17-6-2-7-18-37)60-57(59-55)40-29-32-53-47(34-40)45-23-14-26-51(54(45)63-53)62-49-25-13-10-21-42(49)44-30-27-39(35-52(44)62)38-28-31-50-46(33-38)43-22-11-12-24-48(43)61(50)41-19-8-3-9-20-41/h1-35H. The molecule has 6 nitrogen and oxygen atoms in total. The van der Waals surface area contributed by atoms with E-state index in [9.17, 15) is 0 Å². The predicted octanol–water partition coefficient (Wildman–Crippen LogP) is 14.6. The highest BCUT2D eigenvalue weighted by Gasteiger charge is 2.20. The van der Waals surface area contributed by atoms with Crippen molar-refractivity contribution in [1.82, 2.24) is 24.1 Å². The molecule has 0 spiro atoms. The third-order valence-electron chi connectivity index (χ3n) is 12.4. The van der Waals surface area contributed by atoms with E-state index in [0.717, 1.165) is 72.2 Å². The normalized spacial score (nSPS) is 11.8. The van der Waals surface area contributed by atoms with E-state index in [0.29, 0.717) is 17.5 Å². The largest absolute Gasteiger partial charge is 0.454 e. The molecule has 4 aromatic heterocycles. The molecule has 0 unspecified atom stereocenters. The fourth-order valence-corrected chi connectivity index (χ4v) is 9.45. The Morgan fingerprint density at radius 2 is 0.810 bits per heavy atom. The minimum atomic E-state index is 0.604. The zero-order valence-corrected chi connectivity index (χ0v) is 33.9. The van der Waals surface area contributed by atoms with Crippen LogP contribution in [0.5, 0.6) is 0 Å². The molecule has 13 aromatic rings. The fourth-order valence-electron chi connectivity index (χ4n) is 9.45. The number of hydrogen-bond acceptors (Lipinski definition) is 4. The molecule has 0 saturated heterocycles. The summed E-state index contributed by atoms with van der Waals surface area (Å²) >= 11 is 0. The molecule has 0 aliphatic carbocycles. The summed E-state index contributed by atoms with van der Waals surface area (Å²) in [6.07, 6.45) is 0. The van der Waals surface area contributed by atoms with Crippen molar-refractivity contribution < 1.29 is 4.42 Å². The lowest BCUT2D eigenvalue weighted by Gasteiger charge is -2.10. The summed E-state index contributed by atoms with van der Waals surface area (Å²) in [5, 5.41) is 6.85. The zero-order chi connectivity index (χ0) is 41.4. The summed E-state index contributed by atoms with van der Waals surface area (Å²) in [7, 11) is 0. The predicted molar refractivity (Wildman–Crippen MR) is 258 cm³/mol. The van der Waals surface area contributed by atoms with Gasteiger partial charge in [-0.25, -0.2) is 15.0 Å². The molecule has 63 heavy (non-hydrogen) atoms. The number of nitrogens with zero attached hydrogens (tertiary/aromatic N) is 5. The van der Waals surface area contributed by atoms with Gasteiger partial charge in [-0.05, 0) is 77.9 Å². The molecule has 9 aromatic carbocycles. The SMILES string of the molecule is c1ccc(-c2nc(-c3ccccc3)nc(-c3ccc4oc5c(-n6c7ccccc7c7ccc(-c8ccc9c(c8)c8ccccc8n9-c8ccccc8)cc76)cccc5c4c3)n2)cc1. The van der Waals surface area contributed by atoms with Crippen molar-refractivity contribution in [2.45, 2.75) is 0 Å². The molecule has 0 amide bonds. The second-order valence-electron chi connectivity index (χ2n) is 16.0. The van der Waals surface area contributed by atoms with E-state index in [1.165, 1.54) is 32.6 Å². The molecule has 0 aliphatic rings. The Bertz CT molecular complexity index is 3850. The van der Waals surface area contributed by atoms with Crippen molar-refractivity contribution in [1.29, 1.82) is 0 Å². The Kier molecular flexibility index (Phi) is 7.80. The lowest BCUT2D eigenvalue weighted by atomic mass is 10.0. The lowest BCUT2D eigenvalue weighted by molar-refractivity contribution is 0.666. The molecular weight excluding hydrogens is 771 g/mol. The topological polar surface area (TPSA) is 61.7 Å². The summed E-state index contributed by atoms with van der Waals surface area (Å²) in [5.74, 6) is 1.86. The van der Waals surface area contributed by atoms with Gasteiger partial charge in [-0.1, -0.05) is 146 Å². The van der Waals surface area contributed by atoms with Crippen LogP contribution in [0.15, 0.2) is 217 Å². The number of hydrogen-bond donors (Lipinski definition) is 0. The summed E-state index contributed by atoms with van der Waals surface area (Å²) in [6, 6.07) is 74.5. The smallest absolute Gasteiger partial charge is 0.164 e. The first-order valence-electron chi connectivity index (χ1n) is 21.2. The van der Waals surface area contributed by atoms with Gasteiger partial charge in [0.05, 0.1) is 27.8 Å². The second kappa shape index (κ2) is 14.0. The molecule has 4 heterocycles. The molecule has 0 fully saturated rings. The van der Waals surface area contributed by atoms with Crippen LogP contribution in [0.1, 0.15) is 0 Å². The van der Waals surface area contributed by atoms with Crippen LogP contribution in [0.4, 0.5) is 0 Å². The lowest BCUT2D eigenvalue weighted by Crippen LogP contribution is -2.00. The van der Waals surface area contributed by atoms with Gasteiger partial charge < -0.3 is 13.6 Å². The molecule has 0 aliphatic heterocycles. The van der Waals surface area contributed by atoms with Crippen LogP contribution in [0.3, 0.4) is 0 Å². The van der Waals surface area contributed by atoms with Crippen molar-refractivity contribution in [2.75, 3.05) is 0 Å². The highest BCUT2D eigenvalue weighted by atomic mass is 16.3. The summed E-state index contributed by atoms with van der Waals surface area (Å²) in [5.41, 5.74) is 13.4. The van der Waals surface area contributed by atoms with Gasteiger partial charge in [0.2, 0.25) is 0 Å². The van der Waals surface area contributed by atoms with Crippen molar-refractivity contribution in [3.05, 3.63) is 212 Å². The minimum Gasteiger partial charge on any atom is -0.454 e. The quantitative estimate of drug-likeness (QED) is 0.168. The molecule has 6 heteroatoms. The highest BCUT2D eigenvalue weighted by Crippen LogP contribution is 2.41. The van der Waals surface area contributed by atoms with Crippen LogP contribution in [-0.4, -0.2) is 24.1 Å². The van der Waals surface area contributed by atoms with Crippen LogP contribution in [0, 0.1) is 0 Å². The van der Waals surface area contributed by atoms with E-state index in [1.807, 2.05) is 72.8 Å². The summed E-state index contributed by atoms with van der Waals surface area (Å²) in [4.78, 5) is 14.9. The van der Waals surface area contributed by atoms with Gasteiger partial charge in [0, 0.05) is 54.7 Å². The molecule has 0 bridgehead atoms. The maximum absolute atomic E-state index is 6.85. The number of furan rings is 1. The average molecular weight is 806 g/mol. The Labute approximate surface area is 361 Å². The van der Waals surface area contributed by atoms with Crippen LogP contribution < -0.4 is 0 Å². The van der Waals surface area contributed by atoms with Crippen LogP contribution in [-0.2, 0) is 0 Å². The van der Waals surface area contributed by atoms with Crippen LogP contribution in [0.25, 0.3) is 122 Å². The molecular formula is C57H35N5O. The molecule has 0 atom stereocenters. The molecule has 0 radical (unpaired) electrons.